The summed E-state index contributed by atoms with van der Waals surface area (Å²) in [7, 11) is 4.08. The molecule has 0 aliphatic carbocycles. The summed E-state index contributed by atoms with van der Waals surface area (Å²) in [5.74, 6) is 0.107. The van der Waals surface area contributed by atoms with Gasteiger partial charge in [0, 0.05) is 55.4 Å². The van der Waals surface area contributed by atoms with E-state index in [0.29, 0.717) is 0 Å². The predicted octanol–water partition coefficient (Wildman–Crippen LogP) is 3.41. The molecule has 3 rings (SSSR count). The van der Waals surface area contributed by atoms with Gasteiger partial charge in [0.15, 0.2) is 5.78 Å². The standard InChI is InChI=1S/C19H21N3O/c1-14(23)17-9-18(22(3)12-17)13-21(2)11-16-6-4-5-15-10-20-8-7-19(15)16/h4-10,12H,11,13H2,1-3H3. The van der Waals surface area contributed by atoms with E-state index in [1.165, 1.54) is 10.9 Å². The fraction of sp³-hybridized carbons (Fsp3) is 0.263. The van der Waals surface area contributed by atoms with Crippen LogP contribution in [-0.2, 0) is 20.1 Å². The van der Waals surface area contributed by atoms with Gasteiger partial charge in [0.05, 0.1) is 0 Å². The molecule has 2 heterocycles. The minimum atomic E-state index is 0.107. The first-order chi connectivity index (χ1) is 11.0. The van der Waals surface area contributed by atoms with Gasteiger partial charge in [0.25, 0.3) is 0 Å². The van der Waals surface area contributed by atoms with Crippen LogP contribution < -0.4 is 0 Å². The number of rotatable bonds is 5. The molecule has 1 aromatic carbocycles. The van der Waals surface area contributed by atoms with Crippen LogP contribution >= 0.6 is 0 Å². The van der Waals surface area contributed by atoms with Crippen molar-refractivity contribution in [3.63, 3.8) is 0 Å². The normalized spacial score (nSPS) is 11.3. The van der Waals surface area contributed by atoms with Crippen LogP contribution in [0.5, 0.6) is 0 Å². The molecule has 4 nitrogen and oxygen atoms in total. The largest absolute Gasteiger partial charge is 0.353 e. The lowest BCUT2D eigenvalue weighted by Crippen LogP contribution is -2.19. The Morgan fingerprint density at radius 1 is 1.26 bits per heavy atom. The zero-order valence-electron chi connectivity index (χ0n) is 13.8. The quantitative estimate of drug-likeness (QED) is 0.678. The molecular weight excluding hydrogens is 286 g/mol. The number of carbonyl (C=O) groups is 1. The molecular formula is C19H21N3O. The van der Waals surface area contributed by atoms with Gasteiger partial charge in [-0.25, -0.2) is 0 Å². The molecule has 0 saturated heterocycles. The molecule has 0 amide bonds. The molecule has 0 spiro atoms. The van der Waals surface area contributed by atoms with Crippen molar-refractivity contribution in [1.82, 2.24) is 14.5 Å². The van der Waals surface area contributed by atoms with Crippen molar-refractivity contribution in [1.29, 1.82) is 0 Å². The number of Topliss-reactive ketones (excluding diaryl/α,β-unsaturated/α-hetero) is 1. The first-order valence-electron chi connectivity index (χ1n) is 7.71. The molecule has 118 valence electrons. The minimum absolute atomic E-state index is 0.107. The average molecular weight is 307 g/mol. The summed E-state index contributed by atoms with van der Waals surface area (Å²) in [6, 6.07) is 10.4. The highest BCUT2D eigenvalue weighted by molar-refractivity contribution is 5.94. The van der Waals surface area contributed by atoms with Gasteiger partial charge < -0.3 is 4.57 Å². The molecule has 4 heteroatoms. The number of carbonyl (C=O) groups excluding carboxylic acids is 1. The number of benzene rings is 1. The lowest BCUT2D eigenvalue weighted by atomic mass is 10.1. The van der Waals surface area contributed by atoms with Gasteiger partial charge in [-0.1, -0.05) is 18.2 Å². The number of aromatic nitrogens is 2. The van der Waals surface area contributed by atoms with Gasteiger partial charge in [-0.15, -0.1) is 0 Å². The van der Waals surface area contributed by atoms with Crippen molar-refractivity contribution in [3.05, 3.63) is 65.7 Å². The van der Waals surface area contributed by atoms with Crippen LogP contribution in [-0.4, -0.2) is 27.3 Å². The summed E-state index contributed by atoms with van der Waals surface area (Å²) < 4.78 is 2.03. The van der Waals surface area contributed by atoms with Crippen molar-refractivity contribution in [2.45, 2.75) is 20.0 Å². The first kappa shape index (κ1) is 15.4. The van der Waals surface area contributed by atoms with Crippen LogP contribution in [0.4, 0.5) is 0 Å². The molecule has 0 fully saturated rings. The summed E-state index contributed by atoms with van der Waals surface area (Å²) in [6.07, 6.45) is 5.63. The van der Waals surface area contributed by atoms with E-state index in [4.69, 9.17) is 0 Å². The Kier molecular flexibility index (Phi) is 4.26. The third kappa shape index (κ3) is 3.32. The van der Waals surface area contributed by atoms with Gasteiger partial charge in [0.2, 0.25) is 0 Å². The third-order valence-corrected chi connectivity index (χ3v) is 4.16. The van der Waals surface area contributed by atoms with Crippen LogP contribution in [0.1, 0.15) is 28.5 Å². The molecule has 23 heavy (non-hydrogen) atoms. The number of hydrogen-bond donors (Lipinski definition) is 0. The van der Waals surface area contributed by atoms with Crippen molar-refractivity contribution in [2.24, 2.45) is 7.05 Å². The highest BCUT2D eigenvalue weighted by Crippen LogP contribution is 2.19. The molecule has 0 unspecified atom stereocenters. The van der Waals surface area contributed by atoms with E-state index >= 15 is 0 Å². The summed E-state index contributed by atoms with van der Waals surface area (Å²) >= 11 is 0. The number of ketones is 1. The van der Waals surface area contributed by atoms with E-state index in [9.17, 15) is 4.79 Å². The summed E-state index contributed by atoms with van der Waals surface area (Å²) in [5, 5.41) is 2.40. The van der Waals surface area contributed by atoms with E-state index in [1.54, 1.807) is 6.92 Å². The smallest absolute Gasteiger partial charge is 0.161 e. The lowest BCUT2D eigenvalue weighted by Gasteiger charge is -2.18. The molecule has 0 radical (unpaired) electrons. The molecule has 2 aromatic heterocycles. The van der Waals surface area contributed by atoms with E-state index in [-0.39, 0.29) is 5.78 Å². The maximum atomic E-state index is 11.5. The molecule has 0 aliphatic heterocycles. The van der Waals surface area contributed by atoms with Gasteiger partial charge in [-0.3, -0.25) is 14.7 Å². The predicted molar refractivity (Wildman–Crippen MR) is 92.3 cm³/mol. The van der Waals surface area contributed by atoms with Crippen molar-refractivity contribution in [2.75, 3.05) is 7.05 Å². The number of fused-ring (bicyclic) bond motifs is 1. The van der Waals surface area contributed by atoms with Crippen molar-refractivity contribution in [3.8, 4) is 0 Å². The maximum Gasteiger partial charge on any atom is 0.161 e. The fourth-order valence-electron chi connectivity index (χ4n) is 2.91. The van der Waals surface area contributed by atoms with Crippen LogP contribution in [0, 0.1) is 0 Å². The van der Waals surface area contributed by atoms with E-state index in [2.05, 4.69) is 41.2 Å². The summed E-state index contributed by atoms with van der Waals surface area (Å²) in [4.78, 5) is 17.9. The van der Waals surface area contributed by atoms with Gasteiger partial charge in [-0.05, 0) is 37.1 Å². The average Bonchev–Trinajstić information content (AvgIpc) is 2.89. The molecule has 0 saturated carbocycles. The Balaban J connectivity index is 1.79. The number of nitrogens with zero attached hydrogens (tertiary/aromatic N) is 3. The van der Waals surface area contributed by atoms with Crippen molar-refractivity contribution >= 4 is 16.6 Å². The summed E-state index contributed by atoms with van der Waals surface area (Å²) in [6.45, 7) is 3.25. The Morgan fingerprint density at radius 2 is 2.09 bits per heavy atom. The zero-order valence-corrected chi connectivity index (χ0v) is 13.8. The Labute approximate surface area is 136 Å². The topological polar surface area (TPSA) is 38.1 Å². The van der Waals surface area contributed by atoms with E-state index in [0.717, 1.165) is 29.7 Å². The summed E-state index contributed by atoms with van der Waals surface area (Å²) in [5.41, 5.74) is 3.19. The van der Waals surface area contributed by atoms with Crippen LogP contribution in [0.2, 0.25) is 0 Å². The second-order valence-electron chi connectivity index (χ2n) is 6.07. The third-order valence-electron chi connectivity index (χ3n) is 4.16. The van der Waals surface area contributed by atoms with Gasteiger partial charge >= 0.3 is 0 Å². The van der Waals surface area contributed by atoms with E-state index < -0.39 is 0 Å². The Morgan fingerprint density at radius 3 is 2.83 bits per heavy atom. The van der Waals surface area contributed by atoms with Crippen molar-refractivity contribution < 1.29 is 4.79 Å². The monoisotopic (exact) mass is 307 g/mol. The van der Waals surface area contributed by atoms with Crippen LogP contribution in [0.25, 0.3) is 10.8 Å². The zero-order chi connectivity index (χ0) is 16.4. The highest BCUT2D eigenvalue weighted by Gasteiger charge is 2.10. The maximum absolute atomic E-state index is 11.5. The highest BCUT2D eigenvalue weighted by atomic mass is 16.1. The van der Waals surface area contributed by atoms with Crippen LogP contribution in [0.3, 0.4) is 0 Å². The molecule has 0 atom stereocenters. The number of pyridine rings is 1. The van der Waals surface area contributed by atoms with Crippen LogP contribution in [0.15, 0.2) is 48.9 Å². The minimum Gasteiger partial charge on any atom is -0.353 e. The SMILES string of the molecule is CC(=O)c1cc(CN(C)Cc2cccc3cnccc23)n(C)c1. The first-order valence-corrected chi connectivity index (χ1v) is 7.71. The molecule has 0 N–H and O–H groups in total. The molecule has 3 aromatic rings. The number of hydrogen-bond acceptors (Lipinski definition) is 3. The van der Waals surface area contributed by atoms with Gasteiger partial charge in [0.1, 0.15) is 0 Å². The Bertz CT molecular complexity index is 845. The molecule has 0 bridgehead atoms. The Hall–Kier alpha value is -2.46. The fourth-order valence-corrected chi connectivity index (χ4v) is 2.91. The second kappa shape index (κ2) is 6.34. The van der Waals surface area contributed by atoms with Gasteiger partial charge in [-0.2, -0.15) is 0 Å². The lowest BCUT2D eigenvalue weighted by molar-refractivity contribution is 0.101. The molecule has 0 aliphatic rings. The number of aryl methyl sites for hydroxylation is 1. The van der Waals surface area contributed by atoms with E-state index in [1.807, 2.05) is 36.3 Å². The second-order valence-corrected chi connectivity index (χ2v) is 6.07.